The van der Waals surface area contributed by atoms with E-state index in [4.69, 9.17) is 9.47 Å². The number of rotatable bonds is 10. The number of carbonyl (C=O) groups excluding carboxylic acids is 1. The predicted molar refractivity (Wildman–Crippen MR) is 181 cm³/mol. The summed E-state index contributed by atoms with van der Waals surface area (Å²) in [5.41, 5.74) is 6.09. The Bertz CT molecular complexity index is 1580. The van der Waals surface area contributed by atoms with E-state index < -0.39 is 6.29 Å². The molecular formula is C37H44N6O4. The minimum Gasteiger partial charge on any atom is -0.392 e. The highest BCUT2D eigenvalue weighted by atomic mass is 16.7. The number of carbonyl (C=O) groups is 1. The number of ether oxygens (including phenoxy) is 2. The molecule has 0 bridgehead atoms. The number of nitrogens with zero attached hydrogens (tertiary/aromatic N) is 4. The molecule has 6 rings (SSSR count). The lowest BCUT2D eigenvalue weighted by Gasteiger charge is -2.44. The number of benzene rings is 3. The molecule has 0 radical (unpaired) electrons. The zero-order valence-electron chi connectivity index (χ0n) is 27.1. The number of hydrogen-bond donors (Lipinski definition) is 3. The van der Waals surface area contributed by atoms with Gasteiger partial charge in [0.05, 0.1) is 18.8 Å². The molecule has 0 saturated carbocycles. The lowest BCUT2D eigenvalue weighted by Crippen LogP contribution is -2.51. The van der Waals surface area contributed by atoms with Crippen molar-refractivity contribution in [2.75, 3.05) is 44.2 Å². The quantitative estimate of drug-likeness (QED) is 0.221. The van der Waals surface area contributed by atoms with Gasteiger partial charge in [0.15, 0.2) is 6.29 Å². The van der Waals surface area contributed by atoms with Crippen LogP contribution in [-0.4, -0.2) is 71.4 Å². The zero-order valence-corrected chi connectivity index (χ0v) is 27.1. The van der Waals surface area contributed by atoms with Gasteiger partial charge in [0.2, 0.25) is 5.95 Å². The van der Waals surface area contributed by atoms with Crippen LogP contribution in [0.5, 0.6) is 0 Å². The van der Waals surface area contributed by atoms with E-state index >= 15 is 0 Å². The van der Waals surface area contributed by atoms with Crippen molar-refractivity contribution in [2.24, 2.45) is 5.92 Å². The second-order valence-corrected chi connectivity index (χ2v) is 12.2. The Morgan fingerprint density at radius 1 is 0.851 bits per heavy atom. The summed E-state index contributed by atoms with van der Waals surface area (Å²) in [4.78, 5) is 25.4. The molecule has 2 saturated heterocycles. The fourth-order valence-corrected chi connectivity index (χ4v) is 6.27. The van der Waals surface area contributed by atoms with Gasteiger partial charge in [-0.3, -0.25) is 4.90 Å². The van der Waals surface area contributed by atoms with Crippen molar-refractivity contribution >= 4 is 12.0 Å². The van der Waals surface area contributed by atoms with E-state index in [1.165, 1.54) is 0 Å². The van der Waals surface area contributed by atoms with Crippen LogP contribution < -0.4 is 15.5 Å². The number of aliphatic hydroxyl groups is 1. The summed E-state index contributed by atoms with van der Waals surface area (Å²) >= 11 is 0. The van der Waals surface area contributed by atoms with Gasteiger partial charge < -0.3 is 30.1 Å². The first-order chi connectivity index (χ1) is 23.0. The first-order valence-corrected chi connectivity index (χ1v) is 16.5. The van der Waals surface area contributed by atoms with Crippen LogP contribution in [0.3, 0.4) is 0 Å². The minimum absolute atomic E-state index is 0.00960. The lowest BCUT2D eigenvalue weighted by molar-refractivity contribution is -0.276. The Kier molecular flexibility index (Phi) is 10.7. The molecule has 3 aromatic carbocycles. The Morgan fingerprint density at radius 3 is 2.28 bits per heavy atom. The molecule has 4 atom stereocenters. The summed E-state index contributed by atoms with van der Waals surface area (Å²) in [5.74, 6) is 0.886. The number of nitrogens with one attached hydrogen (secondary N) is 2. The third-order valence-corrected chi connectivity index (χ3v) is 9.00. The van der Waals surface area contributed by atoms with Gasteiger partial charge in [-0.1, -0.05) is 73.7 Å². The van der Waals surface area contributed by atoms with Crippen molar-refractivity contribution in [2.45, 2.75) is 45.5 Å². The summed E-state index contributed by atoms with van der Waals surface area (Å²) in [6.07, 6.45) is 2.83. The monoisotopic (exact) mass is 636 g/mol. The minimum atomic E-state index is -0.528. The van der Waals surface area contributed by atoms with Gasteiger partial charge in [-0.25, -0.2) is 14.8 Å². The number of piperazine rings is 1. The number of amides is 2. The Morgan fingerprint density at radius 2 is 1.57 bits per heavy atom. The molecule has 10 heteroatoms. The van der Waals surface area contributed by atoms with Crippen LogP contribution in [-0.2, 0) is 22.6 Å². The number of aliphatic hydroxyl groups excluding tert-OH is 1. The number of aromatic nitrogens is 2. The van der Waals surface area contributed by atoms with Gasteiger partial charge in [0.25, 0.3) is 0 Å². The van der Waals surface area contributed by atoms with E-state index in [0.29, 0.717) is 13.1 Å². The van der Waals surface area contributed by atoms with Crippen LogP contribution in [0.4, 0.5) is 10.7 Å². The van der Waals surface area contributed by atoms with Crippen molar-refractivity contribution < 1.29 is 19.4 Å². The SMILES string of the molecule is CCNC(=O)NCc1cccc(-c2ccc([C@H]3O[C@@H](CN4CCN(c5ncccn5)CC4)[C@@H](C)[C@@H](c4ccc(CO)cc4)O3)cc2)c1. The molecule has 0 aliphatic carbocycles. The molecule has 4 aromatic rings. The molecule has 2 amide bonds. The van der Waals surface area contributed by atoms with E-state index in [-0.39, 0.29) is 30.8 Å². The van der Waals surface area contributed by atoms with E-state index in [0.717, 1.165) is 72.1 Å². The first kappa shape index (κ1) is 32.6. The summed E-state index contributed by atoms with van der Waals surface area (Å²) in [7, 11) is 0. The number of urea groups is 1. The van der Waals surface area contributed by atoms with Gasteiger partial charge in [-0.05, 0) is 46.9 Å². The second-order valence-electron chi connectivity index (χ2n) is 12.2. The summed E-state index contributed by atoms with van der Waals surface area (Å²) in [6, 6.07) is 26.3. The van der Waals surface area contributed by atoms with Gasteiger partial charge in [0.1, 0.15) is 0 Å². The van der Waals surface area contributed by atoms with E-state index in [1.807, 2.05) is 37.3 Å². The maximum absolute atomic E-state index is 11.9. The fraction of sp³-hybridized carbons (Fsp3) is 0.378. The molecular weight excluding hydrogens is 592 g/mol. The third-order valence-electron chi connectivity index (χ3n) is 9.00. The van der Waals surface area contributed by atoms with E-state index in [9.17, 15) is 9.90 Å². The maximum Gasteiger partial charge on any atom is 0.315 e. The molecule has 0 spiro atoms. The van der Waals surface area contributed by atoms with Gasteiger partial charge in [-0.2, -0.15) is 0 Å². The van der Waals surface area contributed by atoms with Gasteiger partial charge in [-0.15, -0.1) is 0 Å². The van der Waals surface area contributed by atoms with Crippen molar-refractivity contribution in [1.82, 2.24) is 25.5 Å². The highest BCUT2D eigenvalue weighted by molar-refractivity contribution is 5.74. The molecule has 2 aliphatic heterocycles. The molecule has 246 valence electrons. The molecule has 10 nitrogen and oxygen atoms in total. The fourth-order valence-electron chi connectivity index (χ4n) is 6.27. The highest BCUT2D eigenvalue weighted by Gasteiger charge is 2.39. The average Bonchev–Trinajstić information content (AvgIpc) is 3.13. The average molecular weight is 637 g/mol. The third kappa shape index (κ3) is 8.15. The molecule has 2 aliphatic rings. The van der Waals surface area contributed by atoms with Crippen LogP contribution in [0.2, 0.25) is 0 Å². The van der Waals surface area contributed by atoms with Crippen molar-refractivity contribution in [3.8, 4) is 11.1 Å². The molecule has 2 fully saturated rings. The molecule has 3 heterocycles. The summed E-state index contributed by atoms with van der Waals surface area (Å²) in [6.45, 7) is 9.48. The Hall–Kier alpha value is -4.35. The Labute approximate surface area is 276 Å². The Balaban J connectivity index is 1.17. The summed E-state index contributed by atoms with van der Waals surface area (Å²) in [5, 5.41) is 15.3. The van der Waals surface area contributed by atoms with Crippen LogP contribution in [0.1, 0.15) is 48.5 Å². The van der Waals surface area contributed by atoms with Crippen LogP contribution >= 0.6 is 0 Å². The normalized spacial score (nSPS) is 21.7. The zero-order chi connectivity index (χ0) is 32.6. The number of anilines is 1. The van der Waals surface area contributed by atoms with Crippen LogP contribution in [0.25, 0.3) is 11.1 Å². The van der Waals surface area contributed by atoms with Crippen molar-refractivity contribution in [1.29, 1.82) is 0 Å². The predicted octanol–water partition coefficient (Wildman–Crippen LogP) is 5.07. The molecule has 0 unspecified atom stereocenters. The van der Waals surface area contributed by atoms with E-state index in [1.54, 1.807) is 12.4 Å². The molecule has 3 N–H and O–H groups in total. The molecule has 1 aromatic heterocycles. The van der Waals surface area contributed by atoms with Gasteiger partial charge >= 0.3 is 6.03 Å². The standard InChI is InChI=1S/C37H44N6O4/c1-3-38-37(45)41-23-28-6-4-7-32(22-28)29-12-14-31(15-13-29)35-46-33(26(2)34(47-35)30-10-8-27(25-44)9-11-30)24-42-18-20-43(21-19-42)36-39-16-5-17-40-36/h4-17,22,26,33-35,44H,3,18-21,23-25H2,1-2H3,(H2,38,41,45)/t26-,33+,34+,35+/m1/s1. The summed E-state index contributed by atoms with van der Waals surface area (Å²) < 4.78 is 13.4. The van der Waals surface area contributed by atoms with Crippen LogP contribution in [0.15, 0.2) is 91.3 Å². The van der Waals surface area contributed by atoms with Crippen molar-refractivity contribution in [3.05, 3.63) is 114 Å². The largest absolute Gasteiger partial charge is 0.392 e. The van der Waals surface area contributed by atoms with Crippen LogP contribution in [0, 0.1) is 5.92 Å². The topological polar surface area (TPSA) is 112 Å². The highest BCUT2D eigenvalue weighted by Crippen LogP contribution is 2.42. The second kappa shape index (κ2) is 15.5. The maximum atomic E-state index is 11.9. The van der Waals surface area contributed by atoms with E-state index in [2.05, 4.69) is 85.9 Å². The first-order valence-electron chi connectivity index (χ1n) is 16.5. The molecule has 47 heavy (non-hydrogen) atoms. The smallest absolute Gasteiger partial charge is 0.315 e. The lowest BCUT2D eigenvalue weighted by atomic mass is 9.89. The number of hydrogen-bond acceptors (Lipinski definition) is 8. The van der Waals surface area contributed by atoms with Gasteiger partial charge in [0, 0.05) is 69.7 Å². The van der Waals surface area contributed by atoms with Crippen molar-refractivity contribution in [3.63, 3.8) is 0 Å².